The van der Waals surface area contributed by atoms with Crippen LogP contribution in [-0.4, -0.2) is 17.0 Å². The molecule has 0 aliphatic rings. The van der Waals surface area contributed by atoms with E-state index in [4.69, 9.17) is 4.42 Å². The van der Waals surface area contributed by atoms with Gasteiger partial charge in [-0.05, 0) is 36.4 Å². The smallest absolute Gasteiger partial charge is 0.273 e. The second-order valence-electron chi connectivity index (χ2n) is 5.56. The van der Waals surface area contributed by atoms with E-state index in [2.05, 4.69) is 10.5 Å². The van der Waals surface area contributed by atoms with Gasteiger partial charge in [0.1, 0.15) is 17.3 Å². The quantitative estimate of drug-likeness (QED) is 0.408. The molecule has 136 valence electrons. The van der Waals surface area contributed by atoms with Crippen LogP contribution in [0.4, 0.5) is 10.1 Å². The van der Waals surface area contributed by atoms with Gasteiger partial charge in [-0.25, -0.2) is 9.82 Å². The lowest BCUT2D eigenvalue weighted by Crippen LogP contribution is -2.20. The summed E-state index contributed by atoms with van der Waals surface area (Å²) in [5.41, 5.74) is 3.18. The topological polar surface area (TPSA) is 97.7 Å². The molecule has 0 saturated heterocycles. The first kappa shape index (κ1) is 18.0. The highest BCUT2D eigenvalue weighted by atomic mass is 19.1. The third kappa shape index (κ3) is 4.63. The van der Waals surface area contributed by atoms with Crippen molar-refractivity contribution >= 4 is 17.8 Å². The van der Waals surface area contributed by atoms with Gasteiger partial charge in [0.25, 0.3) is 5.69 Å². The second kappa shape index (κ2) is 8.05. The monoisotopic (exact) mass is 367 g/mol. The van der Waals surface area contributed by atoms with Crippen LogP contribution in [0.25, 0.3) is 11.3 Å². The largest absolute Gasteiger partial charge is 0.455 e. The van der Waals surface area contributed by atoms with Crippen LogP contribution >= 0.6 is 0 Å². The van der Waals surface area contributed by atoms with Gasteiger partial charge in [0.15, 0.2) is 0 Å². The normalized spacial score (nSPS) is 10.9. The number of nitrogens with one attached hydrogen (secondary N) is 1. The number of hydrogen-bond donors (Lipinski definition) is 1. The van der Waals surface area contributed by atoms with E-state index >= 15 is 0 Å². The van der Waals surface area contributed by atoms with E-state index in [1.54, 1.807) is 30.3 Å². The van der Waals surface area contributed by atoms with E-state index in [9.17, 15) is 19.3 Å². The standard InChI is InChI=1S/C19H14FN3O4/c20-15-7-5-13(6-8-15)18-10-9-16(27-18)12-21-22-19(24)11-14-3-1-2-4-17(14)23(25)26/h1-10,12H,11H2,(H,22,24)/b21-12+. The SMILES string of the molecule is O=C(Cc1ccccc1[N+](=O)[O-])N/N=C/c1ccc(-c2ccc(F)cc2)o1. The minimum atomic E-state index is -0.536. The Labute approximate surface area is 153 Å². The molecule has 0 atom stereocenters. The van der Waals surface area contributed by atoms with Crippen LogP contribution in [0.2, 0.25) is 0 Å². The van der Waals surface area contributed by atoms with E-state index in [1.165, 1.54) is 36.5 Å². The molecule has 3 rings (SSSR count). The maximum absolute atomic E-state index is 12.9. The van der Waals surface area contributed by atoms with Gasteiger partial charge in [-0.2, -0.15) is 5.10 Å². The summed E-state index contributed by atoms with van der Waals surface area (Å²) >= 11 is 0. The van der Waals surface area contributed by atoms with Crippen molar-refractivity contribution in [2.75, 3.05) is 0 Å². The van der Waals surface area contributed by atoms with Crippen LogP contribution in [-0.2, 0) is 11.2 Å². The number of rotatable bonds is 6. The first-order valence-corrected chi connectivity index (χ1v) is 7.93. The molecule has 0 aliphatic heterocycles. The van der Waals surface area contributed by atoms with Gasteiger partial charge < -0.3 is 4.42 Å². The summed E-state index contributed by atoms with van der Waals surface area (Å²) < 4.78 is 18.5. The van der Waals surface area contributed by atoms with Crippen LogP contribution in [0.3, 0.4) is 0 Å². The molecule has 0 saturated carbocycles. The summed E-state index contributed by atoms with van der Waals surface area (Å²) in [5.74, 6) is 0.0855. The third-order valence-corrected chi connectivity index (χ3v) is 3.68. The first-order valence-electron chi connectivity index (χ1n) is 7.93. The van der Waals surface area contributed by atoms with Gasteiger partial charge >= 0.3 is 0 Å². The number of benzene rings is 2. The lowest BCUT2D eigenvalue weighted by Gasteiger charge is -2.01. The summed E-state index contributed by atoms with van der Waals surface area (Å²) in [7, 11) is 0. The maximum Gasteiger partial charge on any atom is 0.273 e. The van der Waals surface area contributed by atoms with Gasteiger partial charge in [-0.1, -0.05) is 18.2 Å². The predicted molar refractivity (Wildman–Crippen MR) is 96.6 cm³/mol. The number of nitrogens with zero attached hydrogens (tertiary/aromatic N) is 2. The molecule has 8 heteroatoms. The number of amides is 1. The summed E-state index contributed by atoms with van der Waals surface area (Å²) in [4.78, 5) is 22.3. The van der Waals surface area contributed by atoms with Crippen molar-refractivity contribution in [1.82, 2.24) is 5.43 Å². The lowest BCUT2D eigenvalue weighted by atomic mass is 10.1. The summed E-state index contributed by atoms with van der Waals surface area (Å²) in [6, 6.07) is 15.2. The third-order valence-electron chi connectivity index (χ3n) is 3.68. The highest BCUT2D eigenvalue weighted by Crippen LogP contribution is 2.21. The van der Waals surface area contributed by atoms with Gasteiger partial charge in [0.2, 0.25) is 5.91 Å². The van der Waals surface area contributed by atoms with Gasteiger partial charge in [-0.15, -0.1) is 0 Å². The number of para-hydroxylation sites is 1. The van der Waals surface area contributed by atoms with Gasteiger partial charge in [0.05, 0.1) is 17.6 Å². The van der Waals surface area contributed by atoms with E-state index in [0.717, 1.165) is 0 Å². The van der Waals surface area contributed by atoms with Crippen molar-refractivity contribution in [2.45, 2.75) is 6.42 Å². The molecule has 1 N–H and O–H groups in total. The maximum atomic E-state index is 12.9. The number of nitro groups is 1. The van der Waals surface area contributed by atoms with E-state index in [0.29, 0.717) is 22.6 Å². The van der Waals surface area contributed by atoms with Gasteiger partial charge in [-0.3, -0.25) is 14.9 Å². The molecule has 0 aliphatic carbocycles. The zero-order chi connectivity index (χ0) is 19.2. The average Bonchev–Trinajstić information content (AvgIpc) is 3.11. The molecule has 27 heavy (non-hydrogen) atoms. The number of hydrogen-bond acceptors (Lipinski definition) is 5. The molecule has 2 aromatic carbocycles. The Hall–Kier alpha value is -3.81. The molecule has 3 aromatic rings. The number of furan rings is 1. The Bertz CT molecular complexity index is 996. The Kier molecular flexibility index (Phi) is 5.36. The fraction of sp³-hybridized carbons (Fsp3) is 0.0526. The second-order valence-corrected chi connectivity index (χ2v) is 5.56. The average molecular weight is 367 g/mol. The van der Waals surface area contributed by atoms with Crippen LogP contribution < -0.4 is 5.43 Å². The first-order chi connectivity index (χ1) is 13.0. The Morgan fingerprint density at radius 1 is 1.15 bits per heavy atom. The molecule has 7 nitrogen and oxygen atoms in total. The Morgan fingerprint density at radius 2 is 1.89 bits per heavy atom. The summed E-state index contributed by atoms with van der Waals surface area (Å²) in [6.07, 6.45) is 1.14. The highest BCUT2D eigenvalue weighted by Gasteiger charge is 2.15. The van der Waals surface area contributed by atoms with Gasteiger partial charge in [0, 0.05) is 17.2 Å². The number of nitro benzene ring substituents is 1. The molecule has 0 bridgehead atoms. The van der Waals surface area contributed by atoms with Crippen LogP contribution in [0.15, 0.2) is 70.2 Å². The Balaban J connectivity index is 1.60. The van der Waals surface area contributed by atoms with E-state index in [1.807, 2.05) is 0 Å². The van der Waals surface area contributed by atoms with Crippen molar-refractivity contribution in [3.63, 3.8) is 0 Å². The number of hydrazone groups is 1. The molecule has 1 aromatic heterocycles. The molecule has 0 spiro atoms. The molecule has 0 unspecified atom stereocenters. The van der Waals surface area contributed by atoms with Crippen molar-refractivity contribution in [2.24, 2.45) is 5.10 Å². The van der Waals surface area contributed by atoms with Crippen LogP contribution in [0, 0.1) is 15.9 Å². The number of carbonyl (C=O) groups excluding carboxylic acids is 1. The molecular formula is C19H14FN3O4. The molecule has 0 radical (unpaired) electrons. The van der Waals surface area contributed by atoms with Crippen molar-refractivity contribution in [3.8, 4) is 11.3 Å². The Morgan fingerprint density at radius 3 is 2.63 bits per heavy atom. The van der Waals surface area contributed by atoms with E-state index in [-0.39, 0.29) is 17.9 Å². The molecule has 1 heterocycles. The minimum absolute atomic E-state index is 0.119. The lowest BCUT2D eigenvalue weighted by molar-refractivity contribution is -0.385. The fourth-order valence-corrected chi connectivity index (χ4v) is 2.41. The zero-order valence-electron chi connectivity index (χ0n) is 14.0. The van der Waals surface area contributed by atoms with E-state index < -0.39 is 10.8 Å². The number of halogens is 1. The van der Waals surface area contributed by atoms with Crippen LogP contribution in [0.5, 0.6) is 0 Å². The summed E-state index contributed by atoms with van der Waals surface area (Å²) in [5, 5.41) is 14.7. The molecule has 1 amide bonds. The molecular weight excluding hydrogens is 353 g/mol. The van der Waals surface area contributed by atoms with Crippen LogP contribution in [0.1, 0.15) is 11.3 Å². The molecule has 0 fully saturated rings. The van der Waals surface area contributed by atoms with Crippen molar-refractivity contribution < 1.29 is 18.5 Å². The minimum Gasteiger partial charge on any atom is -0.455 e. The van der Waals surface area contributed by atoms with Crippen molar-refractivity contribution in [1.29, 1.82) is 0 Å². The zero-order valence-corrected chi connectivity index (χ0v) is 14.0. The fourth-order valence-electron chi connectivity index (χ4n) is 2.41. The predicted octanol–water partition coefficient (Wildman–Crippen LogP) is 3.69. The number of carbonyl (C=O) groups is 1. The highest BCUT2D eigenvalue weighted by molar-refractivity contribution is 5.82. The van der Waals surface area contributed by atoms with Crippen molar-refractivity contribution in [3.05, 3.63) is 87.9 Å². The summed E-state index contributed by atoms with van der Waals surface area (Å²) in [6.45, 7) is 0.